The summed E-state index contributed by atoms with van der Waals surface area (Å²) in [5.74, 6) is 1.75. The average Bonchev–Trinajstić information content (AvgIpc) is 3.41. The van der Waals surface area contributed by atoms with Crippen LogP contribution in [0.15, 0.2) is 41.6 Å². The molecule has 2 aliphatic rings. The van der Waals surface area contributed by atoms with Crippen molar-refractivity contribution in [2.24, 2.45) is 5.92 Å². The fourth-order valence-electron chi connectivity index (χ4n) is 4.28. The van der Waals surface area contributed by atoms with Crippen molar-refractivity contribution in [2.45, 2.75) is 49.7 Å². The van der Waals surface area contributed by atoms with Gasteiger partial charge in [0, 0.05) is 24.8 Å². The molecule has 2 fully saturated rings. The second-order valence-corrected chi connectivity index (χ2v) is 8.99. The topological polar surface area (TPSA) is 73.7 Å². The van der Waals surface area contributed by atoms with E-state index in [1.54, 1.807) is 22.3 Å². The van der Waals surface area contributed by atoms with Crippen molar-refractivity contribution in [2.75, 3.05) is 13.7 Å². The molecule has 27 heavy (non-hydrogen) atoms. The molecule has 2 heterocycles. The first kappa shape index (κ1) is 18.3. The summed E-state index contributed by atoms with van der Waals surface area (Å²) in [4.78, 5) is 0.267. The lowest BCUT2D eigenvalue weighted by Crippen LogP contribution is -2.47. The third-order valence-electron chi connectivity index (χ3n) is 5.65. The molecule has 0 radical (unpaired) electrons. The molecule has 1 saturated carbocycles. The van der Waals surface area contributed by atoms with E-state index in [9.17, 15) is 8.42 Å². The molecule has 4 rings (SSSR count). The average molecular weight is 391 g/mol. The van der Waals surface area contributed by atoms with Crippen LogP contribution in [0.1, 0.15) is 26.2 Å². The molecule has 1 aliphatic carbocycles. The molecular weight excluding hydrogens is 366 g/mol. The van der Waals surface area contributed by atoms with Crippen LogP contribution in [0.5, 0.6) is 11.5 Å². The second-order valence-electron chi connectivity index (χ2n) is 7.15. The SMILES string of the molecule is CCn1cc(S(=O)(=O)N2[C@H]3CC[C@@H](C3)[C@H]2COc2cccc(OC)c2)cn1. The van der Waals surface area contributed by atoms with Crippen LogP contribution in [-0.2, 0) is 16.6 Å². The Morgan fingerprint density at radius 2 is 2.07 bits per heavy atom. The van der Waals surface area contributed by atoms with Crippen molar-refractivity contribution >= 4 is 10.0 Å². The van der Waals surface area contributed by atoms with E-state index in [2.05, 4.69) is 5.10 Å². The number of hydrogen-bond acceptors (Lipinski definition) is 5. The molecule has 1 aromatic carbocycles. The molecule has 0 unspecified atom stereocenters. The highest BCUT2D eigenvalue weighted by molar-refractivity contribution is 7.89. The van der Waals surface area contributed by atoms with Gasteiger partial charge >= 0.3 is 0 Å². The number of methoxy groups -OCH3 is 1. The maximum atomic E-state index is 13.3. The number of aromatic nitrogens is 2. The summed E-state index contributed by atoms with van der Waals surface area (Å²) < 4.78 is 41.1. The predicted molar refractivity (Wildman–Crippen MR) is 100 cm³/mol. The lowest BCUT2D eigenvalue weighted by atomic mass is 10.0. The molecule has 1 aromatic heterocycles. The molecule has 1 aliphatic heterocycles. The monoisotopic (exact) mass is 391 g/mol. The first-order chi connectivity index (χ1) is 13.0. The maximum Gasteiger partial charge on any atom is 0.246 e. The minimum absolute atomic E-state index is 0.0592. The summed E-state index contributed by atoms with van der Waals surface area (Å²) in [6.07, 6.45) is 5.94. The van der Waals surface area contributed by atoms with Crippen LogP contribution >= 0.6 is 0 Å². The summed E-state index contributed by atoms with van der Waals surface area (Å²) in [6, 6.07) is 7.31. The van der Waals surface area contributed by atoms with Gasteiger partial charge in [-0.15, -0.1) is 0 Å². The third-order valence-corrected chi connectivity index (χ3v) is 7.58. The van der Waals surface area contributed by atoms with Crippen molar-refractivity contribution in [1.82, 2.24) is 14.1 Å². The number of sulfonamides is 1. The Hall–Kier alpha value is -2.06. The number of rotatable bonds is 7. The Morgan fingerprint density at radius 1 is 1.26 bits per heavy atom. The van der Waals surface area contributed by atoms with Crippen molar-refractivity contribution in [3.63, 3.8) is 0 Å². The fraction of sp³-hybridized carbons (Fsp3) is 0.526. The number of nitrogens with zero attached hydrogens (tertiary/aromatic N) is 3. The molecule has 7 nitrogen and oxygen atoms in total. The third kappa shape index (κ3) is 3.32. The number of hydrogen-bond donors (Lipinski definition) is 0. The van der Waals surface area contributed by atoms with Gasteiger partial charge in [0.15, 0.2) is 0 Å². The van der Waals surface area contributed by atoms with Crippen LogP contribution < -0.4 is 9.47 Å². The largest absolute Gasteiger partial charge is 0.497 e. The summed E-state index contributed by atoms with van der Waals surface area (Å²) in [5, 5.41) is 4.14. The van der Waals surface area contributed by atoms with Gasteiger partial charge < -0.3 is 9.47 Å². The van der Waals surface area contributed by atoms with Crippen molar-refractivity contribution in [3.05, 3.63) is 36.7 Å². The standard InChI is InChI=1S/C19H25N3O4S/c1-3-21-12-18(11-20-21)27(23,24)22-15-8-7-14(9-15)19(22)13-26-17-6-4-5-16(10-17)25-2/h4-6,10-12,14-15,19H,3,7-9,13H2,1-2H3/t14-,15-,19+/m0/s1. The first-order valence-electron chi connectivity index (χ1n) is 9.35. The molecular formula is C19H25N3O4S. The quantitative estimate of drug-likeness (QED) is 0.725. The Bertz CT molecular complexity index is 911. The van der Waals surface area contributed by atoms with Crippen LogP contribution in [0.25, 0.3) is 0 Å². The molecule has 3 atom stereocenters. The van der Waals surface area contributed by atoms with Crippen LogP contribution in [0.3, 0.4) is 0 Å². The zero-order valence-electron chi connectivity index (χ0n) is 15.6. The molecule has 0 amide bonds. The number of benzene rings is 1. The van der Waals surface area contributed by atoms with Gasteiger partial charge in [0.25, 0.3) is 0 Å². The highest BCUT2D eigenvalue weighted by Crippen LogP contribution is 2.45. The zero-order chi connectivity index (χ0) is 19.0. The number of ether oxygens (including phenoxy) is 2. The lowest BCUT2D eigenvalue weighted by Gasteiger charge is -2.33. The van der Waals surface area contributed by atoms with E-state index in [1.165, 1.54) is 6.20 Å². The molecule has 2 aromatic rings. The first-order valence-corrected chi connectivity index (χ1v) is 10.8. The highest BCUT2D eigenvalue weighted by atomic mass is 32.2. The van der Waals surface area contributed by atoms with Crippen LogP contribution in [0, 0.1) is 5.92 Å². The predicted octanol–water partition coefficient (Wildman–Crippen LogP) is 2.53. The Labute approximate surface area is 159 Å². The molecule has 0 N–H and O–H groups in total. The van der Waals surface area contributed by atoms with E-state index >= 15 is 0 Å². The van der Waals surface area contributed by atoms with Crippen LogP contribution in [0.4, 0.5) is 0 Å². The van der Waals surface area contributed by atoms with Crippen molar-refractivity contribution in [3.8, 4) is 11.5 Å². The zero-order valence-corrected chi connectivity index (χ0v) is 16.4. The van der Waals surface area contributed by atoms with E-state index < -0.39 is 10.0 Å². The van der Waals surface area contributed by atoms with Gasteiger partial charge in [-0.25, -0.2) is 8.42 Å². The minimum Gasteiger partial charge on any atom is -0.497 e. The Kier molecular flexibility index (Phi) is 4.86. The van der Waals surface area contributed by atoms with Gasteiger partial charge in [-0.3, -0.25) is 4.68 Å². The minimum atomic E-state index is -3.58. The lowest BCUT2D eigenvalue weighted by molar-refractivity contribution is 0.162. The molecule has 2 bridgehead atoms. The summed E-state index contributed by atoms with van der Waals surface area (Å²) in [5.41, 5.74) is 0. The van der Waals surface area contributed by atoms with Gasteiger partial charge in [-0.05, 0) is 44.2 Å². The van der Waals surface area contributed by atoms with E-state index in [0.29, 0.717) is 24.8 Å². The number of piperidine rings is 1. The van der Waals surface area contributed by atoms with E-state index in [-0.39, 0.29) is 17.0 Å². The number of fused-ring (bicyclic) bond motifs is 2. The van der Waals surface area contributed by atoms with Crippen LogP contribution in [0.2, 0.25) is 0 Å². The van der Waals surface area contributed by atoms with Crippen LogP contribution in [-0.4, -0.2) is 48.3 Å². The van der Waals surface area contributed by atoms with E-state index in [0.717, 1.165) is 25.0 Å². The number of aryl methyl sites for hydroxylation is 1. The normalized spacial score (nSPS) is 25.0. The molecule has 1 saturated heterocycles. The Balaban J connectivity index is 1.55. The maximum absolute atomic E-state index is 13.3. The van der Waals surface area contributed by atoms with E-state index in [4.69, 9.17) is 9.47 Å². The highest BCUT2D eigenvalue weighted by Gasteiger charge is 2.52. The Morgan fingerprint density at radius 3 is 2.81 bits per heavy atom. The van der Waals surface area contributed by atoms with Crippen molar-refractivity contribution < 1.29 is 17.9 Å². The smallest absolute Gasteiger partial charge is 0.246 e. The van der Waals surface area contributed by atoms with Gasteiger partial charge in [0.05, 0.1) is 19.3 Å². The molecule has 0 spiro atoms. The van der Waals surface area contributed by atoms with Gasteiger partial charge in [0.1, 0.15) is 23.0 Å². The van der Waals surface area contributed by atoms with Gasteiger partial charge in [-0.1, -0.05) is 6.07 Å². The summed E-state index contributed by atoms with van der Waals surface area (Å²) >= 11 is 0. The second kappa shape index (κ2) is 7.16. The summed E-state index contributed by atoms with van der Waals surface area (Å²) in [6.45, 7) is 2.92. The summed E-state index contributed by atoms with van der Waals surface area (Å²) in [7, 11) is -1.97. The molecule has 146 valence electrons. The van der Waals surface area contributed by atoms with Crippen molar-refractivity contribution in [1.29, 1.82) is 0 Å². The van der Waals surface area contributed by atoms with Gasteiger partial charge in [0.2, 0.25) is 10.0 Å². The van der Waals surface area contributed by atoms with Gasteiger partial charge in [-0.2, -0.15) is 9.40 Å². The van der Waals surface area contributed by atoms with E-state index in [1.807, 2.05) is 31.2 Å². The molecule has 8 heteroatoms. The fourth-order valence-corrected chi connectivity index (χ4v) is 6.13.